The monoisotopic (exact) mass is 292 g/mol. The molecule has 2 aromatic heterocycles. The van der Waals surface area contributed by atoms with E-state index >= 15 is 0 Å². The Morgan fingerprint density at radius 2 is 1.90 bits per heavy atom. The standard InChI is InChI=1S/C12H20N8O/c13-19-11-16-10(15-5-3-1-2-4-8-21)17-12(18-11)20-7-6-14-9-20/h6-7,9,21H,1-5,8,13H2,(H2,15,16,17,18,19). The van der Waals surface area contributed by atoms with Crippen LogP contribution < -0.4 is 16.6 Å². The first kappa shape index (κ1) is 15.1. The third kappa shape index (κ3) is 4.65. The number of hydrogen-bond acceptors (Lipinski definition) is 8. The minimum atomic E-state index is 0.251. The lowest BCUT2D eigenvalue weighted by atomic mass is 10.2. The van der Waals surface area contributed by atoms with E-state index in [2.05, 4.69) is 30.7 Å². The van der Waals surface area contributed by atoms with Crippen LogP contribution in [0.4, 0.5) is 11.9 Å². The second kappa shape index (κ2) is 8.12. The van der Waals surface area contributed by atoms with E-state index in [0.717, 1.165) is 32.2 Å². The number of anilines is 2. The number of hydrazine groups is 1. The van der Waals surface area contributed by atoms with Crippen molar-refractivity contribution in [1.82, 2.24) is 24.5 Å². The Bertz CT molecular complexity index is 530. The van der Waals surface area contributed by atoms with Crippen molar-refractivity contribution in [3.05, 3.63) is 18.7 Å². The second-order valence-corrected chi connectivity index (χ2v) is 4.46. The van der Waals surface area contributed by atoms with E-state index in [9.17, 15) is 0 Å². The molecule has 0 aliphatic carbocycles. The molecule has 0 atom stereocenters. The molecule has 0 amide bonds. The molecule has 114 valence electrons. The van der Waals surface area contributed by atoms with Crippen molar-refractivity contribution in [2.75, 3.05) is 23.9 Å². The topological polar surface area (TPSA) is 127 Å². The van der Waals surface area contributed by atoms with E-state index in [-0.39, 0.29) is 12.6 Å². The maximum atomic E-state index is 8.71. The Hall–Kier alpha value is -2.26. The van der Waals surface area contributed by atoms with Gasteiger partial charge in [-0.1, -0.05) is 12.8 Å². The van der Waals surface area contributed by atoms with Crippen molar-refractivity contribution in [2.45, 2.75) is 25.7 Å². The largest absolute Gasteiger partial charge is 0.396 e. The predicted octanol–water partition coefficient (Wildman–Crippen LogP) is 0.307. The molecule has 9 nitrogen and oxygen atoms in total. The lowest BCUT2D eigenvalue weighted by Crippen LogP contribution is -2.16. The average molecular weight is 292 g/mol. The van der Waals surface area contributed by atoms with E-state index in [0.29, 0.717) is 11.9 Å². The molecule has 0 saturated carbocycles. The van der Waals surface area contributed by atoms with Crippen LogP contribution in [0.25, 0.3) is 5.95 Å². The molecule has 21 heavy (non-hydrogen) atoms. The molecular weight excluding hydrogens is 272 g/mol. The highest BCUT2D eigenvalue weighted by Crippen LogP contribution is 2.09. The molecule has 0 fully saturated rings. The van der Waals surface area contributed by atoms with Gasteiger partial charge in [-0.05, 0) is 12.8 Å². The Balaban J connectivity index is 1.94. The molecule has 0 unspecified atom stereocenters. The number of nitrogens with zero attached hydrogens (tertiary/aromatic N) is 5. The van der Waals surface area contributed by atoms with Crippen LogP contribution in [0.5, 0.6) is 0 Å². The Labute approximate surface area is 122 Å². The zero-order chi connectivity index (χ0) is 14.9. The summed E-state index contributed by atoms with van der Waals surface area (Å²) in [7, 11) is 0. The van der Waals surface area contributed by atoms with Gasteiger partial charge in [-0.15, -0.1) is 0 Å². The number of aliphatic hydroxyl groups excluding tert-OH is 1. The number of nitrogens with two attached hydrogens (primary N) is 1. The fourth-order valence-electron chi connectivity index (χ4n) is 1.79. The number of aromatic nitrogens is 5. The van der Waals surface area contributed by atoms with Gasteiger partial charge in [0.25, 0.3) is 0 Å². The minimum Gasteiger partial charge on any atom is -0.396 e. The summed E-state index contributed by atoms with van der Waals surface area (Å²) in [6.07, 6.45) is 8.89. The first-order valence-electron chi connectivity index (χ1n) is 6.89. The number of aliphatic hydroxyl groups is 1. The van der Waals surface area contributed by atoms with E-state index in [1.807, 2.05) is 0 Å². The smallest absolute Gasteiger partial charge is 0.243 e. The zero-order valence-electron chi connectivity index (χ0n) is 11.7. The molecular formula is C12H20N8O. The van der Waals surface area contributed by atoms with Crippen molar-refractivity contribution < 1.29 is 5.11 Å². The molecule has 2 heterocycles. The van der Waals surface area contributed by atoms with Crippen LogP contribution in [0.15, 0.2) is 18.7 Å². The SMILES string of the molecule is NNc1nc(NCCCCCCO)nc(-n2ccnc2)n1. The summed E-state index contributed by atoms with van der Waals surface area (Å²) in [5.41, 5.74) is 2.42. The number of hydrogen-bond donors (Lipinski definition) is 4. The van der Waals surface area contributed by atoms with Gasteiger partial charge in [0.15, 0.2) is 0 Å². The van der Waals surface area contributed by atoms with E-state index in [4.69, 9.17) is 10.9 Å². The van der Waals surface area contributed by atoms with Crippen LogP contribution in [0.2, 0.25) is 0 Å². The molecule has 0 aliphatic rings. The number of imidazole rings is 1. The summed E-state index contributed by atoms with van der Waals surface area (Å²) in [5, 5.41) is 11.9. The van der Waals surface area contributed by atoms with Gasteiger partial charge >= 0.3 is 0 Å². The summed E-state index contributed by atoms with van der Waals surface area (Å²) in [4.78, 5) is 16.6. The van der Waals surface area contributed by atoms with Crippen LogP contribution in [0.3, 0.4) is 0 Å². The summed E-state index contributed by atoms with van der Waals surface area (Å²) in [6.45, 7) is 1.00. The van der Waals surface area contributed by atoms with E-state index in [1.165, 1.54) is 0 Å². The maximum Gasteiger partial charge on any atom is 0.243 e. The Kier molecular flexibility index (Phi) is 5.85. The zero-order valence-corrected chi connectivity index (χ0v) is 11.7. The van der Waals surface area contributed by atoms with E-state index in [1.54, 1.807) is 23.3 Å². The maximum absolute atomic E-state index is 8.71. The first-order valence-corrected chi connectivity index (χ1v) is 6.89. The lowest BCUT2D eigenvalue weighted by Gasteiger charge is -2.08. The van der Waals surface area contributed by atoms with Gasteiger partial charge in [-0.25, -0.2) is 10.8 Å². The van der Waals surface area contributed by atoms with Crippen LogP contribution in [0, 0.1) is 0 Å². The molecule has 0 spiro atoms. The molecule has 9 heteroatoms. The molecule has 2 aromatic rings. The summed E-state index contributed by atoms with van der Waals surface area (Å²) >= 11 is 0. The van der Waals surface area contributed by atoms with Crippen molar-refractivity contribution in [3.8, 4) is 5.95 Å². The highest BCUT2D eigenvalue weighted by molar-refractivity contribution is 5.37. The fraction of sp³-hybridized carbons (Fsp3) is 0.500. The summed E-state index contributed by atoms with van der Waals surface area (Å²) < 4.78 is 1.68. The van der Waals surface area contributed by atoms with Crippen molar-refractivity contribution in [3.63, 3.8) is 0 Å². The lowest BCUT2D eigenvalue weighted by molar-refractivity contribution is 0.283. The Morgan fingerprint density at radius 3 is 2.62 bits per heavy atom. The van der Waals surface area contributed by atoms with Crippen LogP contribution >= 0.6 is 0 Å². The van der Waals surface area contributed by atoms with Gasteiger partial charge in [-0.2, -0.15) is 15.0 Å². The van der Waals surface area contributed by atoms with Gasteiger partial charge in [0.2, 0.25) is 17.8 Å². The second-order valence-electron chi connectivity index (χ2n) is 4.46. The molecule has 0 bridgehead atoms. The average Bonchev–Trinajstić information content (AvgIpc) is 3.05. The highest BCUT2D eigenvalue weighted by atomic mass is 16.2. The third-order valence-corrected chi connectivity index (χ3v) is 2.86. The number of nitrogen functional groups attached to an aromatic ring is 1. The molecule has 5 N–H and O–H groups in total. The molecule has 0 radical (unpaired) electrons. The van der Waals surface area contributed by atoms with Gasteiger partial charge in [0.05, 0.1) is 0 Å². The van der Waals surface area contributed by atoms with Crippen LogP contribution in [0.1, 0.15) is 25.7 Å². The minimum absolute atomic E-state index is 0.251. The fourth-order valence-corrected chi connectivity index (χ4v) is 1.79. The van der Waals surface area contributed by atoms with Gasteiger partial charge in [0.1, 0.15) is 6.33 Å². The van der Waals surface area contributed by atoms with Crippen molar-refractivity contribution in [1.29, 1.82) is 0 Å². The summed E-state index contributed by atoms with van der Waals surface area (Å²) in [5.74, 6) is 6.56. The van der Waals surface area contributed by atoms with Crippen molar-refractivity contribution in [2.24, 2.45) is 5.84 Å². The van der Waals surface area contributed by atoms with Crippen LogP contribution in [-0.4, -0.2) is 42.8 Å². The number of nitrogens with one attached hydrogen (secondary N) is 2. The molecule has 0 aliphatic heterocycles. The Morgan fingerprint density at radius 1 is 1.10 bits per heavy atom. The number of rotatable bonds is 9. The first-order chi connectivity index (χ1) is 10.3. The predicted molar refractivity (Wildman–Crippen MR) is 78.8 cm³/mol. The van der Waals surface area contributed by atoms with Gasteiger partial charge in [0, 0.05) is 25.5 Å². The van der Waals surface area contributed by atoms with Gasteiger partial charge in [-0.3, -0.25) is 9.99 Å². The van der Waals surface area contributed by atoms with Crippen molar-refractivity contribution >= 4 is 11.9 Å². The molecule has 2 rings (SSSR count). The van der Waals surface area contributed by atoms with Crippen LogP contribution in [-0.2, 0) is 0 Å². The van der Waals surface area contributed by atoms with E-state index < -0.39 is 0 Å². The quantitative estimate of drug-likeness (QED) is 0.295. The normalized spacial score (nSPS) is 10.6. The highest BCUT2D eigenvalue weighted by Gasteiger charge is 2.06. The summed E-state index contributed by atoms with van der Waals surface area (Å²) in [6, 6.07) is 0. The van der Waals surface area contributed by atoms with Gasteiger partial charge < -0.3 is 10.4 Å². The third-order valence-electron chi connectivity index (χ3n) is 2.86. The molecule has 0 saturated heterocycles. The number of unbranched alkanes of at least 4 members (excludes halogenated alkanes) is 3. The molecule has 0 aromatic carbocycles.